The third-order valence-electron chi connectivity index (χ3n) is 4.49. The van der Waals surface area contributed by atoms with Crippen LogP contribution in [0.5, 0.6) is 0 Å². The summed E-state index contributed by atoms with van der Waals surface area (Å²) in [7, 11) is 0. The fraction of sp³-hybridized carbons (Fsp3) is 0.0909. The molecule has 1 aromatic heterocycles. The maximum atomic E-state index is 13.0. The van der Waals surface area contributed by atoms with Crippen LogP contribution in [0.2, 0.25) is 5.02 Å². The topological polar surface area (TPSA) is 46.9 Å². The van der Waals surface area contributed by atoms with Crippen LogP contribution in [0.4, 0.5) is 4.39 Å². The minimum absolute atomic E-state index is 0.193. The quantitative estimate of drug-likeness (QED) is 0.529. The van der Waals surface area contributed by atoms with E-state index in [0.29, 0.717) is 23.7 Å². The van der Waals surface area contributed by atoms with Gasteiger partial charge in [0.2, 0.25) is 0 Å². The van der Waals surface area contributed by atoms with Crippen molar-refractivity contribution in [3.8, 4) is 0 Å². The first-order valence-corrected chi connectivity index (χ1v) is 9.19. The van der Waals surface area contributed by atoms with Crippen molar-refractivity contribution < 1.29 is 9.18 Å². The van der Waals surface area contributed by atoms with Crippen molar-refractivity contribution in [2.24, 2.45) is 0 Å². The fourth-order valence-electron chi connectivity index (χ4n) is 3.03. The number of aromatic nitrogens is 2. The fourth-order valence-corrected chi connectivity index (χ4v) is 3.25. The van der Waals surface area contributed by atoms with Gasteiger partial charge in [0.1, 0.15) is 5.82 Å². The second kappa shape index (κ2) is 7.82. The molecule has 0 unspecified atom stereocenters. The molecule has 0 aliphatic carbocycles. The second-order valence-electron chi connectivity index (χ2n) is 6.51. The molecule has 0 atom stereocenters. The number of halogens is 2. The zero-order valence-electron chi connectivity index (χ0n) is 14.9. The molecule has 0 fully saturated rings. The van der Waals surface area contributed by atoms with E-state index in [-0.39, 0.29) is 11.7 Å². The molecule has 0 aliphatic heterocycles. The van der Waals surface area contributed by atoms with Crippen LogP contribution in [0, 0.1) is 5.82 Å². The molecule has 0 aliphatic rings. The molecule has 4 aromatic rings. The van der Waals surface area contributed by atoms with E-state index in [1.807, 2.05) is 41.1 Å². The average Bonchev–Trinajstić information content (AvgIpc) is 3.09. The van der Waals surface area contributed by atoms with Gasteiger partial charge >= 0.3 is 0 Å². The van der Waals surface area contributed by atoms with Crippen molar-refractivity contribution in [3.05, 3.63) is 100 Å². The van der Waals surface area contributed by atoms with Crippen LogP contribution in [0.15, 0.2) is 72.9 Å². The van der Waals surface area contributed by atoms with E-state index >= 15 is 0 Å². The minimum Gasteiger partial charge on any atom is -0.348 e. The Kier molecular flexibility index (Phi) is 5.08. The third-order valence-corrected chi connectivity index (χ3v) is 4.73. The molecule has 4 rings (SSSR count). The standard InChI is InChI=1S/C22H17ClFN3O/c23-19-3-1-2-16(10-19)14-27-21-11-17(6-7-18(21)13-26-27)22(28)25-12-15-4-8-20(24)9-5-15/h1-11,13H,12,14H2,(H,25,28). The molecular formula is C22H17ClFN3O. The van der Waals surface area contributed by atoms with Gasteiger partial charge in [-0.3, -0.25) is 9.48 Å². The Morgan fingerprint density at radius 1 is 1.04 bits per heavy atom. The predicted octanol–water partition coefficient (Wildman–Crippen LogP) is 4.81. The summed E-state index contributed by atoms with van der Waals surface area (Å²) in [6.45, 7) is 0.892. The van der Waals surface area contributed by atoms with Crippen molar-refractivity contribution >= 4 is 28.4 Å². The van der Waals surface area contributed by atoms with Gasteiger partial charge in [-0.1, -0.05) is 41.9 Å². The van der Waals surface area contributed by atoms with E-state index in [2.05, 4.69) is 10.4 Å². The summed E-state index contributed by atoms with van der Waals surface area (Å²) in [5.74, 6) is -0.491. The first kappa shape index (κ1) is 18.2. The van der Waals surface area contributed by atoms with Crippen LogP contribution in [0.1, 0.15) is 21.5 Å². The Morgan fingerprint density at radius 3 is 2.64 bits per heavy atom. The van der Waals surface area contributed by atoms with Crippen molar-refractivity contribution in [2.45, 2.75) is 13.1 Å². The van der Waals surface area contributed by atoms with Gasteiger partial charge < -0.3 is 5.32 Å². The van der Waals surface area contributed by atoms with Crippen LogP contribution >= 0.6 is 11.6 Å². The molecule has 6 heteroatoms. The number of fused-ring (bicyclic) bond motifs is 1. The smallest absolute Gasteiger partial charge is 0.251 e. The van der Waals surface area contributed by atoms with Gasteiger partial charge in [-0.15, -0.1) is 0 Å². The highest BCUT2D eigenvalue weighted by Gasteiger charge is 2.10. The van der Waals surface area contributed by atoms with Gasteiger partial charge in [0.15, 0.2) is 0 Å². The first-order valence-electron chi connectivity index (χ1n) is 8.81. The molecule has 0 saturated heterocycles. The van der Waals surface area contributed by atoms with Gasteiger partial charge in [-0.25, -0.2) is 4.39 Å². The Labute approximate surface area is 166 Å². The van der Waals surface area contributed by atoms with Crippen LogP contribution in [0.3, 0.4) is 0 Å². The summed E-state index contributed by atoms with van der Waals surface area (Å²) < 4.78 is 14.8. The lowest BCUT2D eigenvalue weighted by Gasteiger charge is -2.08. The van der Waals surface area contributed by atoms with E-state index in [0.717, 1.165) is 22.0 Å². The first-order chi connectivity index (χ1) is 13.6. The number of hydrogen-bond acceptors (Lipinski definition) is 2. The maximum Gasteiger partial charge on any atom is 0.251 e. The monoisotopic (exact) mass is 393 g/mol. The van der Waals surface area contributed by atoms with Crippen molar-refractivity contribution in [3.63, 3.8) is 0 Å². The zero-order chi connectivity index (χ0) is 19.5. The van der Waals surface area contributed by atoms with Gasteiger partial charge in [0.25, 0.3) is 5.91 Å². The molecular weight excluding hydrogens is 377 g/mol. The number of carbonyl (C=O) groups is 1. The average molecular weight is 394 g/mol. The van der Waals surface area contributed by atoms with Crippen LogP contribution in [-0.2, 0) is 13.1 Å². The highest BCUT2D eigenvalue weighted by atomic mass is 35.5. The molecule has 0 radical (unpaired) electrons. The molecule has 140 valence electrons. The second-order valence-corrected chi connectivity index (χ2v) is 6.95. The van der Waals surface area contributed by atoms with E-state index in [1.54, 1.807) is 24.4 Å². The highest BCUT2D eigenvalue weighted by molar-refractivity contribution is 6.30. The number of rotatable bonds is 5. The third kappa shape index (κ3) is 4.05. The van der Waals surface area contributed by atoms with E-state index < -0.39 is 0 Å². The lowest BCUT2D eigenvalue weighted by molar-refractivity contribution is 0.0951. The number of amides is 1. The van der Waals surface area contributed by atoms with Crippen LogP contribution in [-0.4, -0.2) is 15.7 Å². The molecule has 1 N–H and O–H groups in total. The summed E-state index contributed by atoms with van der Waals surface area (Å²) >= 11 is 6.06. The summed E-state index contributed by atoms with van der Waals surface area (Å²) in [6.07, 6.45) is 1.78. The van der Waals surface area contributed by atoms with Gasteiger partial charge in [-0.05, 0) is 47.5 Å². The molecule has 0 saturated carbocycles. The summed E-state index contributed by atoms with van der Waals surface area (Å²) in [4.78, 5) is 12.5. The van der Waals surface area contributed by atoms with Crippen molar-refractivity contribution in [2.75, 3.05) is 0 Å². The number of hydrogen-bond donors (Lipinski definition) is 1. The Bertz CT molecular complexity index is 1140. The van der Waals surface area contributed by atoms with Crippen LogP contribution < -0.4 is 5.32 Å². The minimum atomic E-state index is -0.298. The lowest BCUT2D eigenvalue weighted by atomic mass is 10.1. The lowest BCUT2D eigenvalue weighted by Crippen LogP contribution is -2.22. The number of nitrogens with one attached hydrogen (secondary N) is 1. The number of carbonyl (C=O) groups excluding carboxylic acids is 1. The maximum absolute atomic E-state index is 13.0. The van der Waals surface area contributed by atoms with Gasteiger partial charge in [0, 0.05) is 22.5 Å². The van der Waals surface area contributed by atoms with Gasteiger partial charge in [0.05, 0.1) is 18.3 Å². The number of benzene rings is 3. The predicted molar refractivity (Wildman–Crippen MR) is 108 cm³/mol. The van der Waals surface area contributed by atoms with Crippen molar-refractivity contribution in [1.82, 2.24) is 15.1 Å². The molecule has 28 heavy (non-hydrogen) atoms. The number of nitrogens with zero attached hydrogens (tertiary/aromatic N) is 2. The van der Waals surface area contributed by atoms with Gasteiger partial charge in [-0.2, -0.15) is 5.10 Å². The highest BCUT2D eigenvalue weighted by Crippen LogP contribution is 2.19. The molecule has 0 bridgehead atoms. The zero-order valence-corrected chi connectivity index (χ0v) is 15.7. The largest absolute Gasteiger partial charge is 0.348 e. The molecule has 1 heterocycles. The molecule has 4 nitrogen and oxygen atoms in total. The van der Waals surface area contributed by atoms with E-state index in [9.17, 15) is 9.18 Å². The Hall–Kier alpha value is -3.18. The van der Waals surface area contributed by atoms with E-state index in [4.69, 9.17) is 11.6 Å². The van der Waals surface area contributed by atoms with Crippen molar-refractivity contribution in [1.29, 1.82) is 0 Å². The summed E-state index contributed by atoms with van der Waals surface area (Å²) in [6, 6.07) is 19.1. The molecule has 1 amide bonds. The summed E-state index contributed by atoms with van der Waals surface area (Å²) in [5.41, 5.74) is 3.28. The Balaban J connectivity index is 1.53. The molecule has 0 spiro atoms. The van der Waals surface area contributed by atoms with Crippen LogP contribution in [0.25, 0.3) is 10.9 Å². The normalized spacial score (nSPS) is 10.9. The Morgan fingerprint density at radius 2 is 1.86 bits per heavy atom. The van der Waals surface area contributed by atoms with E-state index in [1.165, 1.54) is 12.1 Å². The summed E-state index contributed by atoms with van der Waals surface area (Å²) in [5, 5.41) is 8.92. The molecule has 3 aromatic carbocycles. The SMILES string of the molecule is O=C(NCc1ccc(F)cc1)c1ccc2cnn(Cc3cccc(Cl)c3)c2c1.